The molecular formula is C34H29BrN8O. The third kappa shape index (κ3) is 5.54. The van der Waals surface area contributed by atoms with Gasteiger partial charge in [0, 0.05) is 21.6 Å². The molecule has 9 nitrogen and oxygen atoms in total. The molecule has 3 heterocycles. The Kier molecular flexibility index (Phi) is 7.54. The lowest BCUT2D eigenvalue weighted by atomic mass is 10.00. The van der Waals surface area contributed by atoms with Crippen LogP contribution in [-0.4, -0.2) is 25.0 Å². The summed E-state index contributed by atoms with van der Waals surface area (Å²) in [6, 6.07) is 24.8. The average molecular weight is 646 g/mol. The number of benzene rings is 3. The summed E-state index contributed by atoms with van der Waals surface area (Å²) in [5, 5.41) is 27.4. The molecule has 0 spiro atoms. The fraction of sp³-hybridized carbons (Fsp3) is 0.206. The van der Waals surface area contributed by atoms with E-state index in [4.69, 9.17) is 9.40 Å². The molecule has 1 fully saturated rings. The summed E-state index contributed by atoms with van der Waals surface area (Å²) in [5.41, 5.74) is 6.54. The van der Waals surface area contributed by atoms with Crippen LogP contribution in [0.3, 0.4) is 0 Å². The van der Waals surface area contributed by atoms with Crippen molar-refractivity contribution in [3.05, 3.63) is 118 Å². The molecule has 10 heteroatoms. The average Bonchev–Trinajstić information content (AvgIpc) is 3.53. The Morgan fingerprint density at radius 3 is 2.64 bits per heavy atom. The van der Waals surface area contributed by atoms with E-state index in [2.05, 4.69) is 79.1 Å². The van der Waals surface area contributed by atoms with Gasteiger partial charge in [-0.3, -0.25) is 4.98 Å². The minimum atomic E-state index is -0.350. The van der Waals surface area contributed by atoms with Crippen molar-refractivity contribution >= 4 is 38.2 Å². The van der Waals surface area contributed by atoms with Crippen LogP contribution in [0.5, 0.6) is 0 Å². The summed E-state index contributed by atoms with van der Waals surface area (Å²) >= 11 is 3.73. The number of rotatable bonds is 10. The quantitative estimate of drug-likeness (QED) is 0.153. The van der Waals surface area contributed by atoms with E-state index < -0.39 is 0 Å². The standard InChI is InChI=1S/C34H29BrN8O/c1-2-28(21-7-4-3-5-8-21)39-31-24(18-36)19-38-33-27(31)16-25(35)17-29(33)40-32(30-20-43(42-41-30)26-11-12-26)22-9-6-10-23(15-22)34-37-13-14-44-34/h3-10,13-17,19-20,26,28,32,40H,2,11-12H2,1H3,(H,38,39)/t28-,32+/m1/s1. The van der Waals surface area contributed by atoms with Gasteiger partial charge < -0.3 is 15.1 Å². The van der Waals surface area contributed by atoms with Gasteiger partial charge in [0.1, 0.15) is 18.0 Å². The number of hydrogen-bond acceptors (Lipinski definition) is 8. The summed E-state index contributed by atoms with van der Waals surface area (Å²) < 4.78 is 8.40. The maximum Gasteiger partial charge on any atom is 0.225 e. The second-order valence-corrected chi connectivity index (χ2v) is 11.8. The topological polar surface area (TPSA) is 117 Å². The fourth-order valence-corrected chi connectivity index (χ4v) is 6.00. The first-order chi connectivity index (χ1) is 21.6. The van der Waals surface area contributed by atoms with E-state index in [1.165, 1.54) is 0 Å². The number of anilines is 2. The summed E-state index contributed by atoms with van der Waals surface area (Å²) in [7, 11) is 0. The van der Waals surface area contributed by atoms with Crippen LogP contribution in [0.1, 0.15) is 66.7 Å². The lowest BCUT2D eigenvalue weighted by molar-refractivity contribution is 0.574. The van der Waals surface area contributed by atoms with Crippen LogP contribution in [0.2, 0.25) is 0 Å². The van der Waals surface area contributed by atoms with Crippen molar-refractivity contribution in [3.63, 3.8) is 0 Å². The highest BCUT2D eigenvalue weighted by Crippen LogP contribution is 2.39. The van der Waals surface area contributed by atoms with Gasteiger partial charge in [0.2, 0.25) is 5.89 Å². The molecule has 0 radical (unpaired) electrons. The molecule has 2 N–H and O–H groups in total. The number of hydrogen-bond donors (Lipinski definition) is 2. The Morgan fingerprint density at radius 1 is 1.05 bits per heavy atom. The number of nitrogens with zero attached hydrogens (tertiary/aromatic N) is 6. The second-order valence-electron chi connectivity index (χ2n) is 10.9. The first-order valence-corrected chi connectivity index (χ1v) is 15.4. The Balaban J connectivity index is 1.33. The lowest BCUT2D eigenvalue weighted by Gasteiger charge is -2.23. The molecule has 0 amide bonds. The van der Waals surface area contributed by atoms with Crippen molar-refractivity contribution in [2.75, 3.05) is 10.6 Å². The first-order valence-electron chi connectivity index (χ1n) is 14.6. The number of nitriles is 1. The van der Waals surface area contributed by atoms with Crippen molar-refractivity contribution in [2.45, 2.75) is 44.3 Å². The predicted molar refractivity (Wildman–Crippen MR) is 173 cm³/mol. The Morgan fingerprint density at radius 2 is 1.89 bits per heavy atom. The van der Waals surface area contributed by atoms with Gasteiger partial charge in [0.15, 0.2) is 0 Å². The van der Waals surface area contributed by atoms with Gasteiger partial charge in [-0.15, -0.1) is 5.10 Å². The highest BCUT2D eigenvalue weighted by atomic mass is 79.9. The third-order valence-electron chi connectivity index (χ3n) is 7.93. The number of halogens is 1. The van der Waals surface area contributed by atoms with Crippen molar-refractivity contribution < 1.29 is 4.42 Å². The van der Waals surface area contributed by atoms with Gasteiger partial charge in [-0.1, -0.05) is 70.5 Å². The minimum Gasteiger partial charge on any atom is -0.445 e. The zero-order chi connectivity index (χ0) is 30.0. The summed E-state index contributed by atoms with van der Waals surface area (Å²) in [5.74, 6) is 0.547. The Labute approximate surface area is 263 Å². The molecule has 218 valence electrons. The van der Waals surface area contributed by atoms with Gasteiger partial charge in [-0.05, 0) is 54.7 Å². The van der Waals surface area contributed by atoms with Crippen LogP contribution in [-0.2, 0) is 0 Å². The highest BCUT2D eigenvalue weighted by molar-refractivity contribution is 9.10. The smallest absolute Gasteiger partial charge is 0.225 e. The van der Waals surface area contributed by atoms with Gasteiger partial charge in [0.05, 0.1) is 53.0 Å². The monoisotopic (exact) mass is 644 g/mol. The number of aromatic nitrogens is 5. The number of fused-ring (bicyclic) bond motifs is 1. The van der Waals surface area contributed by atoms with Crippen LogP contribution in [0.4, 0.5) is 11.4 Å². The first kappa shape index (κ1) is 27.8. The largest absolute Gasteiger partial charge is 0.445 e. The van der Waals surface area contributed by atoms with E-state index in [0.29, 0.717) is 17.5 Å². The van der Waals surface area contributed by atoms with Gasteiger partial charge >= 0.3 is 0 Å². The molecule has 0 aliphatic heterocycles. The normalized spacial score (nSPS) is 14.2. The summed E-state index contributed by atoms with van der Waals surface area (Å²) in [6.07, 6.45) is 9.94. The lowest BCUT2D eigenvalue weighted by Crippen LogP contribution is -2.15. The molecule has 44 heavy (non-hydrogen) atoms. The van der Waals surface area contributed by atoms with E-state index in [1.54, 1.807) is 18.7 Å². The van der Waals surface area contributed by atoms with Crippen molar-refractivity contribution in [3.8, 4) is 17.5 Å². The van der Waals surface area contributed by atoms with Crippen LogP contribution < -0.4 is 10.6 Å². The molecule has 3 aromatic carbocycles. The zero-order valence-corrected chi connectivity index (χ0v) is 25.6. The molecule has 3 aromatic heterocycles. The predicted octanol–water partition coefficient (Wildman–Crippen LogP) is 8.22. The van der Waals surface area contributed by atoms with E-state index >= 15 is 0 Å². The van der Waals surface area contributed by atoms with Crippen molar-refractivity contribution in [2.24, 2.45) is 0 Å². The SMILES string of the molecule is CC[C@@H](Nc1c(C#N)cnc2c(N[C@@H](c3cccc(-c4ncco4)c3)c3cn(C4CC4)nn3)cc(Br)cc12)c1ccccc1. The molecule has 1 saturated carbocycles. The number of oxazole rings is 1. The van der Waals surface area contributed by atoms with E-state index in [-0.39, 0.29) is 12.1 Å². The molecular weight excluding hydrogens is 616 g/mol. The number of nitrogens with one attached hydrogen (secondary N) is 2. The molecule has 0 saturated heterocycles. The molecule has 0 bridgehead atoms. The minimum absolute atomic E-state index is 0.0208. The Bertz CT molecular complexity index is 1960. The Hall–Kier alpha value is -5.01. The van der Waals surface area contributed by atoms with Crippen LogP contribution in [0.25, 0.3) is 22.4 Å². The highest BCUT2D eigenvalue weighted by Gasteiger charge is 2.28. The van der Waals surface area contributed by atoms with E-state index in [0.717, 1.165) is 68.4 Å². The fourth-order valence-electron chi connectivity index (χ4n) is 5.54. The molecule has 0 unspecified atom stereocenters. The molecule has 1 aliphatic rings. The van der Waals surface area contributed by atoms with Crippen LogP contribution in [0, 0.1) is 11.3 Å². The van der Waals surface area contributed by atoms with Gasteiger partial charge in [-0.25, -0.2) is 9.67 Å². The molecule has 1 aliphatic carbocycles. The molecule has 2 atom stereocenters. The van der Waals surface area contributed by atoms with Crippen LogP contribution >= 0.6 is 15.9 Å². The molecule has 7 rings (SSSR count). The maximum atomic E-state index is 10.1. The second kappa shape index (κ2) is 11.9. The summed E-state index contributed by atoms with van der Waals surface area (Å²) in [4.78, 5) is 9.13. The van der Waals surface area contributed by atoms with Crippen LogP contribution in [0.15, 0.2) is 100 Å². The number of pyridine rings is 1. The summed E-state index contributed by atoms with van der Waals surface area (Å²) in [6.45, 7) is 2.13. The van der Waals surface area contributed by atoms with Gasteiger partial charge in [-0.2, -0.15) is 5.26 Å². The van der Waals surface area contributed by atoms with E-state index in [9.17, 15) is 5.26 Å². The van der Waals surface area contributed by atoms with Crippen molar-refractivity contribution in [1.29, 1.82) is 5.26 Å². The van der Waals surface area contributed by atoms with Gasteiger partial charge in [0.25, 0.3) is 0 Å². The third-order valence-corrected chi connectivity index (χ3v) is 8.39. The van der Waals surface area contributed by atoms with Crippen molar-refractivity contribution in [1.82, 2.24) is 25.0 Å². The zero-order valence-electron chi connectivity index (χ0n) is 24.0. The maximum absolute atomic E-state index is 10.1. The molecule has 6 aromatic rings. The van der Waals surface area contributed by atoms with E-state index in [1.807, 2.05) is 53.3 Å².